The molecule has 1 saturated carbocycles. The summed E-state index contributed by atoms with van der Waals surface area (Å²) in [6, 6.07) is 0. The third-order valence-corrected chi connectivity index (χ3v) is 5.10. The van der Waals surface area contributed by atoms with E-state index in [4.69, 9.17) is 5.11 Å². The van der Waals surface area contributed by atoms with Crippen LogP contribution in [0, 0.1) is 23.2 Å². The van der Waals surface area contributed by atoms with Gasteiger partial charge < -0.3 is 15.3 Å². The zero-order valence-corrected chi connectivity index (χ0v) is 12.7. The lowest BCUT2D eigenvalue weighted by atomic mass is 9.96. The Balaban J connectivity index is 1.75. The van der Waals surface area contributed by atoms with Crippen molar-refractivity contribution in [3.8, 4) is 0 Å². The van der Waals surface area contributed by atoms with Gasteiger partial charge in [-0.2, -0.15) is 0 Å². The van der Waals surface area contributed by atoms with Gasteiger partial charge in [0.15, 0.2) is 0 Å². The van der Waals surface area contributed by atoms with Crippen molar-refractivity contribution >= 4 is 11.9 Å². The fourth-order valence-corrected chi connectivity index (χ4v) is 3.45. The van der Waals surface area contributed by atoms with Crippen molar-refractivity contribution in [3.63, 3.8) is 0 Å². The number of rotatable bonds is 5. The summed E-state index contributed by atoms with van der Waals surface area (Å²) in [7, 11) is 0. The van der Waals surface area contributed by atoms with Gasteiger partial charge in [-0.05, 0) is 43.8 Å². The van der Waals surface area contributed by atoms with Crippen LogP contribution in [-0.4, -0.2) is 48.1 Å². The maximum atomic E-state index is 12.1. The van der Waals surface area contributed by atoms with Crippen LogP contribution in [0.25, 0.3) is 0 Å². The van der Waals surface area contributed by atoms with Gasteiger partial charge in [0.05, 0.1) is 11.8 Å². The Hall–Kier alpha value is -1.10. The molecular formula is C15H26N2O3. The molecule has 114 valence electrons. The van der Waals surface area contributed by atoms with Gasteiger partial charge in [0.1, 0.15) is 0 Å². The second kappa shape index (κ2) is 5.72. The van der Waals surface area contributed by atoms with Gasteiger partial charge in [0.25, 0.3) is 0 Å². The average molecular weight is 282 g/mol. The van der Waals surface area contributed by atoms with Crippen molar-refractivity contribution in [3.05, 3.63) is 0 Å². The molecule has 0 spiro atoms. The van der Waals surface area contributed by atoms with Crippen LogP contribution in [0.5, 0.6) is 0 Å². The monoisotopic (exact) mass is 282 g/mol. The molecule has 2 unspecified atom stereocenters. The Kier molecular flexibility index (Phi) is 4.37. The number of likely N-dealkylation sites (tertiary alicyclic amines) is 1. The highest BCUT2D eigenvalue weighted by Crippen LogP contribution is 2.58. The van der Waals surface area contributed by atoms with Gasteiger partial charge in [0, 0.05) is 6.54 Å². The van der Waals surface area contributed by atoms with E-state index in [1.165, 1.54) is 0 Å². The lowest BCUT2D eigenvalue weighted by Crippen LogP contribution is -2.39. The summed E-state index contributed by atoms with van der Waals surface area (Å²) in [5.41, 5.74) is -0.401. The Morgan fingerprint density at radius 1 is 1.25 bits per heavy atom. The number of piperidine rings is 1. The summed E-state index contributed by atoms with van der Waals surface area (Å²) in [4.78, 5) is 25.6. The number of carbonyl (C=O) groups is 2. The predicted octanol–water partition coefficient (Wildman–Crippen LogP) is 1.19. The quantitative estimate of drug-likeness (QED) is 0.795. The summed E-state index contributed by atoms with van der Waals surface area (Å²) < 4.78 is 0. The van der Waals surface area contributed by atoms with Crippen LogP contribution in [0.15, 0.2) is 0 Å². The van der Waals surface area contributed by atoms with E-state index in [0.717, 1.165) is 32.5 Å². The first kappa shape index (κ1) is 15.3. The SMILES string of the molecule is CCN1CCC(CNC(=O)C2C(C(=O)O)C2(C)C)CC1. The van der Waals surface area contributed by atoms with E-state index in [1.54, 1.807) is 0 Å². The molecule has 1 aliphatic carbocycles. The largest absolute Gasteiger partial charge is 0.481 e. The molecule has 2 aliphatic rings. The van der Waals surface area contributed by atoms with E-state index in [9.17, 15) is 9.59 Å². The molecule has 2 fully saturated rings. The lowest BCUT2D eigenvalue weighted by Gasteiger charge is -2.31. The normalized spacial score (nSPS) is 29.9. The number of aliphatic carboxylic acids is 1. The van der Waals surface area contributed by atoms with Crippen LogP contribution < -0.4 is 5.32 Å². The van der Waals surface area contributed by atoms with Crippen LogP contribution in [0.1, 0.15) is 33.6 Å². The Morgan fingerprint density at radius 2 is 1.85 bits per heavy atom. The molecule has 1 amide bonds. The number of hydrogen-bond donors (Lipinski definition) is 2. The van der Waals surface area contributed by atoms with Crippen molar-refractivity contribution in [2.75, 3.05) is 26.2 Å². The smallest absolute Gasteiger partial charge is 0.307 e. The first-order valence-electron chi connectivity index (χ1n) is 7.60. The summed E-state index contributed by atoms with van der Waals surface area (Å²) in [5, 5.41) is 12.1. The minimum atomic E-state index is -0.855. The van der Waals surface area contributed by atoms with E-state index < -0.39 is 17.3 Å². The molecule has 0 aromatic carbocycles. The molecule has 2 rings (SSSR count). The Morgan fingerprint density at radius 3 is 2.30 bits per heavy atom. The topological polar surface area (TPSA) is 69.6 Å². The summed E-state index contributed by atoms with van der Waals surface area (Å²) in [6.07, 6.45) is 2.23. The lowest BCUT2D eigenvalue weighted by molar-refractivity contribution is -0.140. The summed E-state index contributed by atoms with van der Waals surface area (Å²) in [5.74, 6) is -1.29. The molecule has 1 aliphatic heterocycles. The van der Waals surface area contributed by atoms with Gasteiger partial charge in [-0.3, -0.25) is 9.59 Å². The van der Waals surface area contributed by atoms with Gasteiger partial charge in [0.2, 0.25) is 5.91 Å². The molecule has 2 atom stereocenters. The number of carboxylic acid groups (broad SMARTS) is 1. The molecule has 0 aromatic rings. The second-order valence-corrected chi connectivity index (χ2v) is 6.74. The fourth-order valence-electron chi connectivity index (χ4n) is 3.45. The standard InChI is InChI=1S/C15H26N2O3/c1-4-17-7-5-10(6-8-17)9-16-13(18)11-12(14(19)20)15(11,2)3/h10-12H,4-9H2,1-3H3,(H,16,18)(H,19,20). The molecule has 5 heteroatoms. The molecule has 0 aromatic heterocycles. The van der Waals surface area contributed by atoms with E-state index in [2.05, 4.69) is 17.1 Å². The maximum absolute atomic E-state index is 12.1. The van der Waals surface area contributed by atoms with Crippen molar-refractivity contribution in [1.29, 1.82) is 0 Å². The van der Waals surface area contributed by atoms with Crippen LogP contribution in [0.4, 0.5) is 0 Å². The number of hydrogen-bond acceptors (Lipinski definition) is 3. The minimum Gasteiger partial charge on any atom is -0.481 e. The molecule has 20 heavy (non-hydrogen) atoms. The Labute approximate surface area is 120 Å². The van der Waals surface area contributed by atoms with Crippen LogP contribution in [-0.2, 0) is 9.59 Å². The first-order chi connectivity index (χ1) is 9.37. The molecule has 0 radical (unpaired) electrons. The van der Waals surface area contributed by atoms with E-state index in [1.807, 2.05) is 13.8 Å². The maximum Gasteiger partial charge on any atom is 0.307 e. The van der Waals surface area contributed by atoms with E-state index >= 15 is 0 Å². The third kappa shape index (κ3) is 2.97. The van der Waals surface area contributed by atoms with Crippen molar-refractivity contribution in [1.82, 2.24) is 10.2 Å². The van der Waals surface area contributed by atoms with E-state index in [0.29, 0.717) is 12.5 Å². The van der Waals surface area contributed by atoms with Crippen LogP contribution in [0.2, 0.25) is 0 Å². The van der Waals surface area contributed by atoms with Gasteiger partial charge >= 0.3 is 5.97 Å². The highest BCUT2D eigenvalue weighted by molar-refractivity contribution is 5.91. The summed E-state index contributed by atoms with van der Waals surface area (Å²) >= 11 is 0. The van der Waals surface area contributed by atoms with Gasteiger partial charge in [-0.15, -0.1) is 0 Å². The third-order valence-electron chi connectivity index (χ3n) is 5.10. The van der Waals surface area contributed by atoms with Crippen molar-refractivity contribution < 1.29 is 14.7 Å². The van der Waals surface area contributed by atoms with Gasteiger partial charge in [-0.1, -0.05) is 20.8 Å². The number of carboxylic acids is 1. The average Bonchev–Trinajstić information content (AvgIpc) is 3.00. The van der Waals surface area contributed by atoms with Crippen LogP contribution in [0.3, 0.4) is 0 Å². The minimum absolute atomic E-state index is 0.0830. The fraction of sp³-hybridized carbons (Fsp3) is 0.867. The van der Waals surface area contributed by atoms with E-state index in [-0.39, 0.29) is 11.8 Å². The predicted molar refractivity (Wildman–Crippen MR) is 76.2 cm³/mol. The number of amides is 1. The molecule has 1 heterocycles. The van der Waals surface area contributed by atoms with Crippen LogP contribution >= 0.6 is 0 Å². The zero-order valence-electron chi connectivity index (χ0n) is 12.7. The Bertz CT molecular complexity index is 387. The molecule has 5 nitrogen and oxygen atoms in total. The number of nitrogens with zero attached hydrogens (tertiary/aromatic N) is 1. The van der Waals surface area contributed by atoms with Crippen molar-refractivity contribution in [2.45, 2.75) is 33.6 Å². The summed E-state index contributed by atoms with van der Waals surface area (Å²) in [6.45, 7) is 9.87. The zero-order chi connectivity index (χ0) is 14.9. The first-order valence-corrected chi connectivity index (χ1v) is 7.60. The number of nitrogens with one attached hydrogen (secondary N) is 1. The highest BCUT2D eigenvalue weighted by atomic mass is 16.4. The molecule has 2 N–H and O–H groups in total. The molecule has 0 bridgehead atoms. The molecular weight excluding hydrogens is 256 g/mol. The van der Waals surface area contributed by atoms with Gasteiger partial charge in [-0.25, -0.2) is 0 Å². The highest BCUT2D eigenvalue weighted by Gasteiger charge is 2.65. The second-order valence-electron chi connectivity index (χ2n) is 6.74. The molecule has 1 saturated heterocycles. The van der Waals surface area contributed by atoms with Crippen molar-refractivity contribution in [2.24, 2.45) is 23.2 Å². The number of carbonyl (C=O) groups excluding carboxylic acids is 1.